The van der Waals surface area contributed by atoms with Crippen LogP contribution in [0.2, 0.25) is 0 Å². The van der Waals surface area contributed by atoms with Gasteiger partial charge >= 0.3 is 11.9 Å². The predicted molar refractivity (Wildman–Crippen MR) is 54.9 cm³/mol. The molecule has 6 nitrogen and oxygen atoms in total. The lowest BCUT2D eigenvalue weighted by atomic mass is 9.93. The molecule has 0 aromatic heterocycles. The zero-order valence-corrected chi connectivity index (χ0v) is 9.00. The van der Waals surface area contributed by atoms with Crippen molar-refractivity contribution in [3.8, 4) is 0 Å². The van der Waals surface area contributed by atoms with Gasteiger partial charge in [0.25, 0.3) is 0 Å². The quantitative estimate of drug-likeness (QED) is 0.449. The first kappa shape index (κ1) is 14.9. The summed E-state index contributed by atoms with van der Waals surface area (Å²) in [6.07, 6.45) is -0.226. The van der Waals surface area contributed by atoms with Gasteiger partial charge in [-0.1, -0.05) is 0 Å². The molecule has 0 aliphatic heterocycles. The topological polar surface area (TPSA) is 115 Å². The van der Waals surface area contributed by atoms with E-state index in [1.807, 2.05) is 0 Å². The molecule has 2 atom stereocenters. The summed E-state index contributed by atoms with van der Waals surface area (Å²) in [6.45, 7) is -0.0987. The Morgan fingerprint density at radius 1 is 1.06 bits per heavy atom. The van der Waals surface area contributed by atoms with E-state index in [2.05, 4.69) is 0 Å². The maximum atomic E-state index is 10.8. The SMILES string of the molecule is O=C(O)CCCC(C(=O)O)C(O)CCCO. The molecule has 0 radical (unpaired) electrons. The molecule has 0 aromatic rings. The molecule has 2 unspecified atom stereocenters. The molecular weight excluding hydrogens is 216 g/mol. The van der Waals surface area contributed by atoms with Crippen LogP contribution in [0.25, 0.3) is 0 Å². The molecule has 0 amide bonds. The molecule has 0 saturated carbocycles. The minimum absolute atomic E-state index is 0.0987. The summed E-state index contributed by atoms with van der Waals surface area (Å²) in [5.41, 5.74) is 0. The highest BCUT2D eigenvalue weighted by molar-refractivity contribution is 5.71. The lowest BCUT2D eigenvalue weighted by Gasteiger charge is -2.18. The first-order valence-electron chi connectivity index (χ1n) is 5.22. The number of aliphatic hydroxyl groups is 2. The fourth-order valence-electron chi connectivity index (χ4n) is 1.46. The summed E-state index contributed by atoms with van der Waals surface area (Å²) in [5, 5.41) is 35.3. The molecule has 6 heteroatoms. The zero-order chi connectivity index (χ0) is 12.6. The number of hydrogen-bond donors (Lipinski definition) is 4. The zero-order valence-electron chi connectivity index (χ0n) is 9.00. The number of aliphatic carboxylic acids is 2. The lowest BCUT2D eigenvalue weighted by molar-refractivity contribution is -0.147. The van der Waals surface area contributed by atoms with Crippen molar-refractivity contribution in [2.75, 3.05) is 6.61 Å². The van der Waals surface area contributed by atoms with E-state index in [0.717, 1.165) is 0 Å². The highest BCUT2D eigenvalue weighted by Gasteiger charge is 2.25. The molecular formula is C10H18O6. The largest absolute Gasteiger partial charge is 0.481 e. The van der Waals surface area contributed by atoms with Crippen molar-refractivity contribution in [2.24, 2.45) is 5.92 Å². The van der Waals surface area contributed by atoms with Crippen LogP contribution in [0.5, 0.6) is 0 Å². The van der Waals surface area contributed by atoms with Gasteiger partial charge in [-0.05, 0) is 25.7 Å². The Balaban J connectivity index is 4.05. The van der Waals surface area contributed by atoms with Gasteiger partial charge in [0, 0.05) is 13.0 Å². The van der Waals surface area contributed by atoms with E-state index in [4.69, 9.17) is 15.3 Å². The minimum atomic E-state index is -1.13. The first-order chi connectivity index (χ1) is 7.49. The monoisotopic (exact) mass is 234 g/mol. The molecule has 0 heterocycles. The van der Waals surface area contributed by atoms with Gasteiger partial charge in [0.2, 0.25) is 0 Å². The van der Waals surface area contributed by atoms with Crippen LogP contribution in [-0.2, 0) is 9.59 Å². The van der Waals surface area contributed by atoms with Crippen LogP contribution in [0.3, 0.4) is 0 Å². The average molecular weight is 234 g/mol. The fraction of sp³-hybridized carbons (Fsp3) is 0.800. The van der Waals surface area contributed by atoms with Gasteiger partial charge in [0.1, 0.15) is 0 Å². The van der Waals surface area contributed by atoms with Crippen LogP contribution >= 0.6 is 0 Å². The van der Waals surface area contributed by atoms with E-state index in [-0.39, 0.29) is 32.3 Å². The predicted octanol–water partition coefficient (Wildman–Crippen LogP) is 0.0755. The third-order valence-corrected chi connectivity index (χ3v) is 2.35. The smallest absolute Gasteiger partial charge is 0.309 e. The molecule has 0 aliphatic carbocycles. The molecule has 0 aromatic carbocycles. The van der Waals surface area contributed by atoms with Gasteiger partial charge in [-0.3, -0.25) is 9.59 Å². The molecule has 4 N–H and O–H groups in total. The van der Waals surface area contributed by atoms with Gasteiger partial charge in [0.15, 0.2) is 0 Å². The molecule has 94 valence electrons. The highest BCUT2D eigenvalue weighted by Crippen LogP contribution is 2.17. The average Bonchev–Trinajstić information content (AvgIpc) is 2.20. The highest BCUT2D eigenvalue weighted by atomic mass is 16.4. The second-order valence-corrected chi connectivity index (χ2v) is 3.66. The third kappa shape index (κ3) is 6.36. The van der Waals surface area contributed by atoms with Crippen molar-refractivity contribution in [3.63, 3.8) is 0 Å². The van der Waals surface area contributed by atoms with Crippen LogP contribution in [0.15, 0.2) is 0 Å². The van der Waals surface area contributed by atoms with Crippen molar-refractivity contribution < 1.29 is 30.0 Å². The van der Waals surface area contributed by atoms with Gasteiger partial charge in [-0.2, -0.15) is 0 Å². The molecule has 0 rings (SSSR count). The Morgan fingerprint density at radius 2 is 1.69 bits per heavy atom. The van der Waals surface area contributed by atoms with Gasteiger partial charge in [-0.25, -0.2) is 0 Å². The summed E-state index contributed by atoms with van der Waals surface area (Å²) in [6, 6.07) is 0. The van der Waals surface area contributed by atoms with Crippen molar-refractivity contribution in [2.45, 2.75) is 38.2 Å². The molecule has 0 saturated heterocycles. The Labute approximate surface area is 93.5 Å². The minimum Gasteiger partial charge on any atom is -0.481 e. The summed E-state index contributed by atoms with van der Waals surface area (Å²) in [5.74, 6) is -3.06. The molecule has 0 aliphatic rings. The van der Waals surface area contributed by atoms with E-state index in [9.17, 15) is 14.7 Å². The van der Waals surface area contributed by atoms with Crippen LogP contribution in [0, 0.1) is 5.92 Å². The van der Waals surface area contributed by atoms with Gasteiger partial charge < -0.3 is 20.4 Å². The van der Waals surface area contributed by atoms with Crippen molar-refractivity contribution in [1.82, 2.24) is 0 Å². The standard InChI is InChI=1S/C10H18O6/c11-6-2-4-8(12)7(10(15)16)3-1-5-9(13)14/h7-8,11-12H,1-6H2,(H,13,14)(H,15,16). The molecule has 0 spiro atoms. The number of carboxylic acid groups (broad SMARTS) is 2. The second-order valence-electron chi connectivity index (χ2n) is 3.66. The Morgan fingerprint density at radius 3 is 2.12 bits per heavy atom. The van der Waals surface area contributed by atoms with Crippen LogP contribution < -0.4 is 0 Å². The second kappa shape index (κ2) is 8.06. The molecule has 0 bridgehead atoms. The van der Waals surface area contributed by atoms with Crippen molar-refractivity contribution in [3.05, 3.63) is 0 Å². The van der Waals surface area contributed by atoms with E-state index in [1.165, 1.54) is 0 Å². The number of carboxylic acids is 2. The fourth-order valence-corrected chi connectivity index (χ4v) is 1.46. The van der Waals surface area contributed by atoms with Gasteiger partial charge in [-0.15, -0.1) is 0 Å². The summed E-state index contributed by atoms with van der Waals surface area (Å²) in [7, 11) is 0. The summed E-state index contributed by atoms with van der Waals surface area (Å²) >= 11 is 0. The van der Waals surface area contributed by atoms with E-state index < -0.39 is 24.0 Å². The van der Waals surface area contributed by atoms with Gasteiger partial charge in [0.05, 0.1) is 12.0 Å². The Kier molecular flexibility index (Phi) is 7.49. The van der Waals surface area contributed by atoms with Crippen molar-refractivity contribution in [1.29, 1.82) is 0 Å². The summed E-state index contributed by atoms with van der Waals surface area (Å²) in [4.78, 5) is 21.1. The van der Waals surface area contributed by atoms with Crippen molar-refractivity contribution >= 4 is 11.9 Å². The first-order valence-corrected chi connectivity index (χ1v) is 5.22. The summed E-state index contributed by atoms with van der Waals surface area (Å²) < 4.78 is 0. The maximum absolute atomic E-state index is 10.8. The number of rotatable bonds is 9. The van der Waals surface area contributed by atoms with Crippen LogP contribution in [0.1, 0.15) is 32.1 Å². The normalized spacial score (nSPS) is 14.4. The lowest BCUT2D eigenvalue weighted by Crippen LogP contribution is -2.28. The Hall–Kier alpha value is -1.14. The molecule has 16 heavy (non-hydrogen) atoms. The van der Waals surface area contributed by atoms with E-state index in [1.54, 1.807) is 0 Å². The van der Waals surface area contributed by atoms with E-state index >= 15 is 0 Å². The number of aliphatic hydroxyl groups excluding tert-OH is 2. The third-order valence-electron chi connectivity index (χ3n) is 2.35. The maximum Gasteiger partial charge on any atom is 0.309 e. The number of carbonyl (C=O) groups is 2. The number of hydrogen-bond acceptors (Lipinski definition) is 4. The van der Waals surface area contributed by atoms with E-state index in [0.29, 0.717) is 6.42 Å². The molecule has 0 fully saturated rings. The van der Waals surface area contributed by atoms with Crippen LogP contribution in [-0.4, -0.2) is 45.1 Å². The van der Waals surface area contributed by atoms with Crippen LogP contribution in [0.4, 0.5) is 0 Å². The Bertz CT molecular complexity index is 227.